The number of carbonyl (C=O) groups excluding carboxylic acids is 1. The maximum Gasteiger partial charge on any atom is 0.330 e. The van der Waals surface area contributed by atoms with Crippen LogP contribution in [0.5, 0.6) is 11.5 Å². The van der Waals surface area contributed by atoms with Crippen molar-refractivity contribution in [2.75, 3.05) is 13.7 Å². The number of ether oxygens (including phenoxy) is 2. The first-order valence-electron chi connectivity index (χ1n) is 8.36. The van der Waals surface area contributed by atoms with E-state index in [1.54, 1.807) is 0 Å². The van der Waals surface area contributed by atoms with E-state index in [4.69, 9.17) is 4.74 Å². The van der Waals surface area contributed by atoms with Crippen molar-refractivity contribution in [1.29, 1.82) is 0 Å². The van der Waals surface area contributed by atoms with Crippen molar-refractivity contribution in [3.63, 3.8) is 0 Å². The van der Waals surface area contributed by atoms with E-state index in [1.165, 1.54) is 13.2 Å². The summed E-state index contributed by atoms with van der Waals surface area (Å²) in [6.07, 6.45) is 4.92. The van der Waals surface area contributed by atoms with Crippen molar-refractivity contribution in [3.05, 3.63) is 72.3 Å². The fraction of sp³-hybridized carbons (Fsp3) is 0.286. The van der Waals surface area contributed by atoms with Gasteiger partial charge in [0.25, 0.3) is 0 Å². The molecule has 4 heteroatoms. The van der Waals surface area contributed by atoms with E-state index < -0.39 is 0 Å². The molecule has 0 bridgehead atoms. The molecule has 0 aliphatic heterocycles. The van der Waals surface area contributed by atoms with Crippen LogP contribution in [0.25, 0.3) is 0 Å². The zero-order chi connectivity index (χ0) is 17.7. The van der Waals surface area contributed by atoms with Crippen LogP contribution in [0.4, 0.5) is 0 Å². The number of rotatable bonds is 6. The maximum atomic E-state index is 11.2. The van der Waals surface area contributed by atoms with E-state index >= 15 is 0 Å². The second-order valence-electron chi connectivity index (χ2n) is 6.43. The normalized spacial score (nSPS) is 22.4. The minimum absolute atomic E-state index is 0.0738. The van der Waals surface area contributed by atoms with Gasteiger partial charge < -0.3 is 14.6 Å². The number of carbonyl (C=O) groups is 1. The van der Waals surface area contributed by atoms with Crippen LogP contribution in [-0.2, 0) is 14.9 Å². The second-order valence-corrected chi connectivity index (χ2v) is 6.43. The van der Waals surface area contributed by atoms with Gasteiger partial charge in [-0.2, -0.15) is 0 Å². The minimum Gasteiger partial charge on any atom is -0.466 e. The summed E-state index contributed by atoms with van der Waals surface area (Å²) in [6.45, 7) is 0.0738. The molecule has 2 aromatic rings. The van der Waals surface area contributed by atoms with Gasteiger partial charge in [-0.1, -0.05) is 36.4 Å². The van der Waals surface area contributed by atoms with Crippen molar-refractivity contribution in [1.82, 2.24) is 0 Å². The van der Waals surface area contributed by atoms with Gasteiger partial charge in [0.15, 0.2) is 0 Å². The van der Waals surface area contributed by atoms with E-state index in [2.05, 4.69) is 4.74 Å². The van der Waals surface area contributed by atoms with Crippen LogP contribution < -0.4 is 4.74 Å². The Hall–Kier alpha value is -2.59. The first kappa shape index (κ1) is 17.2. The molecule has 0 unspecified atom stereocenters. The van der Waals surface area contributed by atoms with Crippen molar-refractivity contribution in [3.8, 4) is 11.5 Å². The molecule has 0 atom stereocenters. The highest BCUT2D eigenvalue weighted by Gasteiger charge is 2.44. The molecule has 25 heavy (non-hydrogen) atoms. The lowest BCUT2D eigenvalue weighted by atomic mass is 9.59. The number of benzene rings is 2. The van der Waals surface area contributed by atoms with Crippen LogP contribution in [0.2, 0.25) is 0 Å². The van der Waals surface area contributed by atoms with Crippen molar-refractivity contribution < 1.29 is 19.4 Å². The van der Waals surface area contributed by atoms with Gasteiger partial charge in [0, 0.05) is 11.5 Å². The monoisotopic (exact) mass is 338 g/mol. The fourth-order valence-electron chi connectivity index (χ4n) is 3.33. The highest BCUT2D eigenvalue weighted by Crippen LogP contribution is 2.48. The van der Waals surface area contributed by atoms with E-state index in [9.17, 15) is 9.90 Å². The largest absolute Gasteiger partial charge is 0.466 e. The highest BCUT2D eigenvalue weighted by molar-refractivity contribution is 5.81. The maximum absolute atomic E-state index is 11.2. The summed E-state index contributed by atoms with van der Waals surface area (Å²) in [5.74, 6) is 1.46. The minimum atomic E-state index is -0.347. The van der Waals surface area contributed by atoms with Gasteiger partial charge in [-0.15, -0.1) is 0 Å². The molecule has 2 aromatic carbocycles. The smallest absolute Gasteiger partial charge is 0.330 e. The lowest BCUT2D eigenvalue weighted by Crippen LogP contribution is -2.43. The molecule has 1 N–H and O–H groups in total. The molecule has 0 saturated heterocycles. The molecule has 0 aromatic heterocycles. The Morgan fingerprint density at radius 1 is 1.16 bits per heavy atom. The van der Waals surface area contributed by atoms with E-state index in [0.717, 1.165) is 29.9 Å². The van der Waals surface area contributed by atoms with Crippen LogP contribution in [-0.4, -0.2) is 24.8 Å². The fourth-order valence-corrected chi connectivity index (χ4v) is 3.33. The Morgan fingerprint density at radius 3 is 2.56 bits per heavy atom. The third-order valence-electron chi connectivity index (χ3n) is 4.74. The van der Waals surface area contributed by atoms with Crippen molar-refractivity contribution in [2.24, 2.45) is 5.92 Å². The summed E-state index contributed by atoms with van der Waals surface area (Å²) in [6, 6.07) is 17.5. The number of para-hydroxylation sites is 1. The Bertz CT molecular complexity index is 746. The topological polar surface area (TPSA) is 55.8 Å². The van der Waals surface area contributed by atoms with E-state index in [-0.39, 0.29) is 23.9 Å². The third kappa shape index (κ3) is 3.91. The van der Waals surface area contributed by atoms with E-state index in [1.807, 2.05) is 60.7 Å². The summed E-state index contributed by atoms with van der Waals surface area (Å²) in [5.41, 5.74) is 0.785. The summed E-state index contributed by atoms with van der Waals surface area (Å²) < 4.78 is 10.5. The quantitative estimate of drug-likeness (QED) is 0.642. The molecule has 1 fully saturated rings. The molecule has 1 aliphatic rings. The summed E-state index contributed by atoms with van der Waals surface area (Å²) in [7, 11) is 1.36. The predicted molar refractivity (Wildman–Crippen MR) is 95.6 cm³/mol. The molecule has 0 spiro atoms. The Labute approximate surface area is 147 Å². The van der Waals surface area contributed by atoms with Gasteiger partial charge in [-0.25, -0.2) is 4.79 Å². The molecule has 0 amide bonds. The first-order chi connectivity index (χ1) is 12.1. The number of aliphatic hydroxyl groups excluding tert-OH is 1. The molecule has 0 radical (unpaired) electrons. The van der Waals surface area contributed by atoms with Gasteiger partial charge in [0.2, 0.25) is 0 Å². The number of aliphatic hydroxyl groups is 1. The van der Waals surface area contributed by atoms with Crippen molar-refractivity contribution in [2.45, 2.75) is 18.3 Å². The lowest BCUT2D eigenvalue weighted by Gasteiger charge is -2.46. The predicted octanol–water partition coefficient (Wildman–Crippen LogP) is 3.85. The average Bonchev–Trinajstić information content (AvgIpc) is 2.62. The standard InChI is InChI=1S/C21H22O4/c1-24-20(23)11-10-16-13-21(14-16,15-22)17-6-5-9-19(12-17)25-18-7-3-2-4-8-18/h2-12,16,22H,13-15H2,1H3/b11-10+. The summed E-state index contributed by atoms with van der Waals surface area (Å²) >= 11 is 0. The van der Waals surface area contributed by atoms with Crippen LogP contribution >= 0.6 is 0 Å². The Morgan fingerprint density at radius 2 is 1.88 bits per heavy atom. The third-order valence-corrected chi connectivity index (χ3v) is 4.74. The molecule has 1 aliphatic carbocycles. The van der Waals surface area contributed by atoms with Gasteiger partial charge in [0.1, 0.15) is 11.5 Å². The number of allylic oxidation sites excluding steroid dienone is 1. The van der Waals surface area contributed by atoms with Crippen molar-refractivity contribution >= 4 is 5.97 Å². The average molecular weight is 338 g/mol. The molecular weight excluding hydrogens is 316 g/mol. The molecule has 3 rings (SSSR count). The molecule has 130 valence electrons. The van der Waals surface area contributed by atoms with Crippen LogP contribution in [0.15, 0.2) is 66.7 Å². The number of hydrogen-bond donors (Lipinski definition) is 1. The zero-order valence-corrected chi connectivity index (χ0v) is 14.2. The first-order valence-corrected chi connectivity index (χ1v) is 8.36. The molecule has 0 heterocycles. The number of methoxy groups -OCH3 is 1. The Balaban J connectivity index is 1.71. The molecule has 1 saturated carbocycles. The van der Waals surface area contributed by atoms with Crippen LogP contribution in [0.1, 0.15) is 18.4 Å². The molecular formula is C21H22O4. The highest BCUT2D eigenvalue weighted by atomic mass is 16.5. The number of hydrogen-bond acceptors (Lipinski definition) is 4. The van der Waals surface area contributed by atoms with Gasteiger partial charge in [-0.05, 0) is 48.6 Å². The summed E-state index contributed by atoms with van der Waals surface area (Å²) in [5, 5.41) is 9.96. The van der Waals surface area contributed by atoms with Gasteiger partial charge in [-0.3, -0.25) is 0 Å². The van der Waals surface area contributed by atoms with Gasteiger partial charge >= 0.3 is 5.97 Å². The Kier molecular flexibility index (Phi) is 5.19. The molecule has 4 nitrogen and oxygen atoms in total. The number of esters is 1. The second kappa shape index (κ2) is 7.53. The van der Waals surface area contributed by atoms with Gasteiger partial charge in [0.05, 0.1) is 13.7 Å². The zero-order valence-electron chi connectivity index (χ0n) is 14.2. The van der Waals surface area contributed by atoms with Crippen LogP contribution in [0.3, 0.4) is 0 Å². The lowest BCUT2D eigenvalue weighted by molar-refractivity contribution is -0.134. The summed E-state index contributed by atoms with van der Waals surface area (Å²) in [4.78, 5) is 11.2. The van der Waals surface area contributed by atoms with Crippen LogP contribution in [0, 0.1) is 5.92 Å². The SMILES string of the molecule is COC(=O)/C=C/C1CC(CO)(c2cccc(Oc3ccccc3)c2)C1. The van der Waals surface area contributed by atoms with E-state index in [0.29, 0.717) is 0 Å².